The number of rotatable bonds is 3. The van der Waals surface area contributed by atoms with Crippen LogP contribution in [0.3, 0.4) is 0 Å². The summed E-state index contributed by atoms with van der Waals surface area (Å²) in [5.41, 5.74) is 0.0126. The Balaban J connectivity index is 2.32. The number of benzene rings is 1. The number of aryl methyl sites for hydroxylation is 2. The third-order valence-corrected chi connectivity index (χ3v) is 2.88. The molecule has 0 atom stereocenters. The van der Waals surface area contributed by atoms with Crippen molar-refractivity contribution in [3.05, 3.63) is 41.3 Å². The Morgan fingerprint density at radius 1 is 1.25 bits per heavy atom. The Labute approximate surface area is 133 Å². The summed E-state index contributed by atoms with van der Waals surface area (Å²) in [6.07, 6.45) is -5.32. The van der Waals surface area contributed by atoms with Gasteiger partial charge in [-0.2, -0.15) is 18.3 Å². The molecule has 2 rings (SSSR count). The highest BCUT2D eigenvalue weighted by Crippen LogP contribution is 2.25. The van der Waals surface area contributed by atoms with Crippen molar-refractivity contribution in [2.24, 2.45) is 7.05 Å². The highest BCUT2D eigenvalue weighted by atomic mass is 19.4. The van der Waals surface area contributed by atoms with Crippen LogP contribution in [0.1, 0.15) is 16.1 Å². The summed E-state index contributed by atoms with van der Waals surface area (Å²) in [7, 11) is 1.57. The molecule has 0 aliphatic rings. The van der Waals surface area contributed by atoms with Crippen molar-refractivity contribution in [1.82, 2.24) is 9.78 Å². The molecule has 10 heteroatoms. The van der Waals surface area contributed by atoms with Crippen LogP contribution in [0.15, 0.2) is 24.3 Å². The number of carbonyl (C=O) groups is 2. The lowest BCUT2D eigenvalue weighted by molar-refractivity contribution is -0.193. The second kappa shape index (κ2) is 6.30. The molecule has 1 aromatic carbocycles. The van der Waals surface area contributed by atoms with Crippen molar-refractivity contribution < 1.29 is 31.9 Å². The molecule has 0 saturated heterocycles. The van der Waals surface area contributed by atoms with Crippen LogP contribution in [0.2, 0.25) is 0 Å². The van der Waals surface area contributed by atoms with Gasteiger partial charge in [-0.15, -0.1) is 0 Å². The van der Waals surface area contributed by atoms with Gasteiger partial charge < -0.3 is 10.1 Å². The summed E-state index contributed by atoms with van der Waals surface area (Å²) in [6, 6.07) is 4.22. The normalized spacial score (nSPS) is 11.2. The van der Waals surface area contributed by atoms with Crippen LogP contribution in [0.5, 0.6) is 0 Å². The second-order valence-corrected chi connectivity index (χ2v) is 4.78. The molecule has 0 bridgehead atoms. The van der Waals surface area contributed by atoms with E-state index in [9.17, 15) is 27.2 Å². The molecule has 0 radical (unpaired) electrons. The average Bonchev–Trinajstić information content (AvgIpc) is 2.75. The van der Waals surface area contributed by atoms with Gasteiger partial charge in [0.05, 0.1) is 16.9 Å². The van der Waals surface area contributed by atoms with E-state index < -0.39 is 29.5 Å². The summed E-state index contributed by atoms with van der Waals surface area (Å²) < 4.78 is 55.1. The van der Waals surface area contributed by atoms with Gasteiger partial charge in [-0.25, -0.2) is 14.0 Å². The van der Waals surface area contributed by atoms with E-state index in [1.807, 2.05) is 0 Å². The van der Waals surface area contributed by atoms with Crippen molar-refractivity contribution in [1.29, 1.82) is 0 Å². The number of esters is 2. The molecule has 0 spiro atoms. The van der Waals surface area contributed by atoms with Gasteiger partial charge in [-0.1, -0.05) is 0 Å². The number of hydrogen-bond acceptors (Lipinski definition) is 5. The molecule has 128 valence electrons. The Kier molecular flexibility index (Phi) is 4.58. The molecule has 0 aliphatic carbocycles. The van der Waals surface area contributed by atoms with E-state index in [4.69, 9.17) is 0 Å². The standard InChI is InChI=1S/C14H11F4N3O3/c1-7-5-11(21(2)20-7)19-10-6-8(15)3-4-9(10)12(22)24-13(23)14(16,17)18/h3-6,19H,1-2H3. The van der Waals surface area contributed by atoms with Gasteiger partial charge in [0.25, 0.3) is 0 Å². The molecule has 0 fully saturated rings. The van der Waals surface area contributed by atoms with Crippen molar-refractivity contribution in [3.63, 3.8) is 0 Å². The second-order valence-electron chi connectivity index (χ2n) is 4.78. The largest absolute Gasteiger partial charge is 0.491 e. The maximum Gasteiger partial charge on any atom is 0.491 e. The third-order valence-electron chi connectivity index (χ3n) is 2.88. The lowest BCUT2D eigenvalue weighted by Gasteiger charge is -2.12. The number of nitrogens with zero attached hydrogens (tertiary/aromatic N) is 2. The predicted molar refractivity (Wildman–Crippen MR) is 74.1 cm³/mol. The number of nitrogens with one attached hydrogen (secondary N) is 1. The Bertz CT molecular complexity index is 799. The first kappa shape index (κ1) is 17.4. The molecule has 1 N–H and O–H groups in total. The molecule has 1 aromatic heterocycles. The molecule has 2 aromatic rings. The minimum Gasteiger partial charge on any atom is -0.383 e. The Morgan fingerprint density at radius 2 is 1.92 bits per heavy atom. The van der Waals surface area contributed by atoms with Gasteiger partial charge in [-0.3, -0.25) is 4.68 Å². The van der Waals surface area contributed by atoms with Gasteiger partial charge in [0.15, 0.2) is 0 Å². The number of aromatic nitrogens is 2. The first-order valence-corrected chi connectivity index (χ1v) is 6.48. The van der Waals surface area contributed by atoms with Crippen molar-refractivity contribution in [2.45, 2.75) is 13.1 Å². The topological polar surface area (TPSA) is 73.2 Å². The van der Waals surface area contributed by atoms with Crippen molar-refractivity contribution in [2.75, 3.05) is 5.32 Å². The molecule has 6 nitrogen and oxygen atoms in total. The smallest absolute Gasteiger partial charge is 0.383 e. The maximum atomic E-state index is 13.4. The maximum absolute atomic E-state index is 13.4. The van der Waals surface area contributed by atoms with Gasteiger partial charge >= 0.3 is 18.1 Å². The summed E-state index contributed by atoms with van der Waals surface area (Å²) in [6.45, 7) is 1.69. The number of anilines is 2. The SMILES string of the molecule is Cc1cc(Nc2cc(F)ccc2C(=O)OC(=O)C(F)(F)F)n(C)n1. The zero-order chi connectivity index (χ0) is 18.1. The first-order chi connectivity index (χ1) is 11.1. The number of halogens is 4. The summed E-state index contributed by atoms with van der Waals surface area (Å²) in [4.78, 5) is 22.6. The average molecular weight is 345 g/mol. The zero-order valence-corrected chi connectivity index (χ0v) is 12.4. The lowest BCUT2D eigenvalue weighted by Crippen LogP contribution is -2.28. The highest BCUT2D eigenvalue weighted by Gasteiger charge is 2.42. The number of ether oxygens (including phenoxy) is 1. The molecule has 24 heavy (non-hydrogen) atoms. The number of alkyl halides is 3. The minimum atomic E-state index is -5.32. The lowest BCUT2D eigenvalue weighted by atomic mass is 10.1. The van der Waals surface area contributed by atoms with Gasteiger partial charge in [-0.05, 0) is 25.1 Å². The van der Waals surface area contributed by atoms with Crippen LogP contribution < -0.4 is 5.32 Å². The van der Waals surface area contributed by atoms with E-state index >= 15 is 0 Å². The number of carbonyl (C=O) groups excluding carboxylic acids is 2. The van der Waals surface area contributed by atoms with Crippen molar-refractivity contribution >= 4 is 23.4 Å². The van der Waals surface area contributed by atoms with Crippen molar-refractivity contribution in [3.8, 4) is 0 Å². The van der Waals surface area contributed by atoms with Gasteiger partial charge in [0.1, 0.15) is 11.6 Å². The van der Waals surface area contributed by atoms with E-state index in [-0.39, 0.29) is 5.69 Å². The molecular weight excluding hydrogens is 334 g/mol. The third kappa shape index (κ3) is 3.89. The summed E-state index contributed by atoms with van der Waals surface area (Å²) in [5.74, 6) is -4.60. The van der Waals surface area contributed by atoms with Crippen LogP contribution in [0.4, 0.5) is 29.1 Å². The molecular formula is C14H11F4N3O3. The highest BCUT2D eigenvalue weighted by molar-refractivity contribution is 6.02. The summed E-state index contributed by atoms with van der Waals surface area (Å²) in [5, 5.41) is 6.69. The first-order valence-electron chi connectivity index (χ1n) is 6.48. The summed E-state index contributed by atoms with van der Waals surface area (Å²) >= 11 is 0. The molecule has 0 aliphatic heterocycles. The van der Waals surface area contributed by atoms with Crippen LogP contribution in [-0.4, -0.2) is 27.9 Å². The quantitative estimate of drug-likeness (QED) is 0.526. The minimum absolute atomic E-state index is 0.169. The molecule has 0 saturated carbocycles. The van der Waals surface area contributed by atoms with Gasteiger partial charge in [0, 0.05) is 13.1 Å². The van der Waals surface area contributed by atoms with Gasteiger partial charge in [0.2, 0.25) is 0 Å². The van der Waals surface area contributed by atoms with E-state index in [0.29, 0.717) is 11.5 Å². The van der Waals surface area contributed by atoms with E-state index in [1.165, 1.54) is 4.68 Å². The zero-order valence-electron chi connectivity index (χ0n) is 12.4. The Morgan fingerprint density at radius 3 is 2.46 bits per heavy atom. The van der Waals surface area contributed by atoms with Crippen LogP contribution in [-0.2, 0) is 16.6 Å². The fourth-order valence-electron chi connectivity index (χ4n) is 1.86. The fraction of sp³-hybridized carbons (Fsp3) is 0.214. The van der Waals surface area contributed by atoms with Crippen LogP contribution >= 0.6 is 0 Å². The molecule has 0 unspecified atom stereocenters. The Hall–Kier alpha value is -2.91. The van der Waals surface area contributed by atoms with Crippen LogP contribution in [0.25, 0.3) is 0 Å². The number of hydrogen-bond donors (Lipinski definition) is 1. The predicted octanol–water partition coefficient (Wildman–Crippen LogP) is 2.86. The monoisotopic (exact) mass is 345 g/mol. The molecule has 0 amide bonds. The molecule has 1 heterocycles. The van der Waals surface area contributed by atoms with E-state index in [2.05, 4.69) is 15.2 Å². The fourth-order valence-corrected chi connectivity index (χ4v) is 1.86. The van der Waals surface area contributed by atoms with Crippen LogP contribution in [0, 0.1) is 12.7 Å². The van der Waals surface area contributed by atoms with E-state index in [1.54, 1.807) is 20.0 Å². The van der Waals surface area contributed by atoms with E-state index in [0.717, 1.165) is 18.2 Å².